The quantitative estimate of drug-likeness (QED) is 0.704. The number of allylic oxidation sites excluding steroid dienone is 4. The van der Waals surface area contributed by atoms with E-state index < -0.39 is 0 Å². The van der Waals surface area contributed by atoms with E-state index in [1.807, 2.05) is 42.6 Å². The number of nitrogens with zero attached hydrogens (tertiary/aromatic N) is 2. The molecule has 0 aliphatic heterocycles. The van der Waals surface area contributed by atoms with Crippen molar-refractivity contribution in [2.45, 2.75) is 20.3 Å². The van der Waals surface area contributed by atoms with Crippen molar-refractivity contribution in [3.05, 3.63) is 54.5 Å². The summed E-state index contributed by atoms with van der Waals surface area (Å²) in [5.74, 6) is 0. The molecule has 2 heteroatoms. The van der Waals surface area contributed by atoms with Crippen LogP contribution in [-0.2, 0) is 0 Å². The highest BCUT2D eigenvalue weighted by molar-refractivity contribution is 5.75. The Morgan fingerprint density at radius 1 is 1.25 bits per heavy atom. The molecule has 0 atom stereocenters. The molecule has 1 aliphatic rings. The van der Waals surface area contributed by atoms with Crippen LogP contribution in [0.15, 0.2) is 48.8 Å². The van der Waals surface area contributed by atoms with Crippen molar-refractivity contribution in [1.82, 2.24) is 9.38 Å². The number of fused-ring (bicyclic) bond motifs is 1. The zero-order valence-electron chi connectivity index (χ0n) is 9.72. The lowest BCUT2D eigenvalue weighted by molar-refractivity contribution is 1.19. The Balaban J connectivity index is 0.000000457. The third-order valence-corrected chi connectivity index (χ3v) is 2.43. The highest BCUT2D eigenvalue weighted by atomic mass is 15.0. The van der Waals surface area contributed by atoms with Gasteiger partial charge in [-0.25, -0.2) is 4.98 Å². The summed E-state index contributed by atoms with van der Waals surface area (Å²) < 4.78 is 2.04. The van der Waals surface area contributed by atoms with Crippen LogP contribution >= 0.6 is 0 Å². The van der Waals surface area contributed by atoms with Gasteiger partial charge in [-0.05, 0) is 24.1 Å². The Kier molecular flexibility index (Phi) is 3.20. The molecule has 0 amide bonds. The lowest BCUT2D eigenvalue weighted by Gasteiger charge is -1.89. The van der Waals surface area contributed by atoms with Crippen LogP contribution in [0.2, 0.25) is 0 Å². The lowest BCUT2D eigenvalue weighted by atomic mass is 10.2. The van der Waals surface area contributed by atoms with Crippen LogP contribution in [0.25, 0.3) is 11.2 Å². The molecule has 0 aromatic carbocycles. The van der Waals surface area contributed by atoms with Crippen molar-refractivity contribution >= 4 is 11.2 Å². The van der Waals surface area contributed by atoms with Crippen molar-refractivity contribution < 1.29 is 0 Å². The van der Waals surface area contributed by atoms with Gasteiger partial charge in [-0.1, -0.05) is 38.1 Å². The van der Waals surface area contributed by atoms with Gasteiger partial charge < -0.3 is 4.40 Å². The maximum Gasteiger partial charge on any atom is 0.137 e. The van der Waals surface area contributed by atoms with E-state index in [9.17, 15) is 0 Å². The molecule has 2 aromatic rings. The number of rotatable bonds is 1. The predicted octanol–water partition coefficient (Wildman–Crippen LogP) is 3.70. The molecule has 1 aliphatic carbocycles. The van der Waals surface area contributed by atoms with Crippen LogP contribution in [0, 0.1) is 0 Å². The molecule has 0 bridgehead atoms. The van der Waals surface area contributed by atoms with Crippen molar-refractivity contribution in [3.63, 3.8) is 0 Å². The summed E-state index contributed by atoms with van der Waals surface area (Å²) in [4.78, 5) is 4.54. The average molecular weight is 212 g/mol. The first-order chi connectivity index (χ1) is 7.93. The van der Waals surface area contributed by atoms with Gasteiger partial charge in [-0.2, -0.15) is 0 Å². The maximum atomic E-state index is 4.54. The maximum absolute atomic E-state index is 4.54. The molecule has 2 nitrogen and oxygen atoms in total. The van der Waals surface area contributed by atoms with Gasteiger partial charge in [0.15, 0.2) is 0 Å². The van der Waals surface area contributed by atoms with Gasteiger partial charge in [0.1, 0.15) is 5.65 Å². The molecule has 0 spiro atoms. The van der Waals surface area contributed by atoms with E-state index in [1.165, 1.54) is 5.57 Å². The fourth-order valence-electron chi connectivity index (χ4n) is 1.72. The van der Waals surface area contributed by atoms with Crippen LogP contribution in [0.5, 0.6) is 0 Å². The van der Waals surface area contributed by atoms with Gasteiger partial charge in [-0.3, -0.25) is 0 Å². The monoisotopic (exact) mass is 212 g/mol. The second-order valence-electron chi connectivity index (χ2n) is 3.39. The van der Waals surface area contributed by atoms with Gasteiger partial charge in [0, 0.05) is 12.4 Å². The molecule has 3 rings (SSSR count). The summed E-state index contributed by atoms with van der Waals surface area (Å²) in [6, 6.07) is 6.03. The zero-order chi connectivity index (χ0) is 11.4. The average Bonchev–Trinajstić information content (AvgIpc) is 3.00. The molecular formula is C14H16N2. The van der Waals surface area contributed by atoms with E-state index in [4.69, 9.17) is 0 Å². The Morgan fingerprint density at radius 3 is 2.81 bits per heavy atom. The van der Waals surface area contributed by atoms with E-state index in [1.54, 1.807) is 0 Å². The molecule has 0 unspecified atom stereocenters. The van der Waals surface area contributed by atoms with Crippen LogP contribution in [0.1, 0.15) is 26.0 Å². The minimum atomic E-state index is 1.00. The summed E-state index contributed by atoms with van der Waals surface area (Å²) in [6.07, 6.45) is 11.6. The predicted molar refractivity (Wildman–Crippen MR) is 68.3 cm³/mol. The summed E-state index contributed by atoms with van der Waals surface area (Å²) in [5, 5.41) is 0. The summed E-state index contributed by atoms with van der Waals surface area (Å²) in [7, 11) is 0. The van der Waals surface area contributed by atoms with Crippen molar-refractivity contribution in [1.29, 1.82) is 0 Å². The van der Waals surface area contributed by atoms with Crippen molar-refractivity contribution in [3.8, 4) is 0 Å². The van der Waals surface area contributed by atoms with Crippen LogP contribution in [0.3, 0.4) is 0 Å². The molecule has 2 aromatic heterocycles. The molecule has 16 heavy (non-hydrogen) atoms. The molecule has 82 valence electrons. The first-order valence-corrected chi connectivity index (χ1v) is 5.74. The topological polar surface area (TPSA) is 17.3 Å². The SMILES string of the molecule is C1=CC(c2cn3ccccc3n2)=CC1.CC. The first-order valence-electron chi connectivity index (χ1n) is 5.74. The normalized spacial score (nSPS) is 13.5. The summed E-state index contributed by atoms with van der Waals surface area (Å²) >= 11 is 0. The minimum Gasteiger partial charge on any atom is -0.306 e. The largest absolute Gasteiger partial charge is 0.306 e. The van der Waals surface area contributed by atoms with Crippen LogP contribution < -0.4 is 0 Å². The molecule has 0 saturated heterocycles. The smallest absolute Gasteiger partial charge is 0.137 e. The Labute approximate surface area is 95.9 Å². The number of hydrogen-bond donors (Lipinski definition) is 0. The van der Waals surface area contributed by atoms with E-state index >= 15 is 0 Å². The zero-order valence-corrected chi connectivity index (χ0v) is 9.72. The summed E-state index contributed by atoms with van der Waals surface area (Å²) in [5.41, 5.74) is 3.29. The first kappa shape index (κ1) is 10.7. The molecule has 0 saturated carbocycles. The Hall–Kier alpha value is -1.83. The van der Waals surface area contributed by atoms with E-state index in [0.717, 1.165) is 17.8 Å². The van der Waals surface area contributed by atoms with E-state index in [2.05, 4.69) is 29.4 Å². The number of imidazole rings is 1. The number of hydrogen-bond acceptors (Lipinski definition) is 1. The fraction of sp³-hybridized carbons (Fsp3) is 0.214. The van der Waals surface area contributed by atoms with Crippen LogP contribution in [-0.4, -0.2) is 9.38 Å². The minimum absolute atomic E-state index is 1.00. The Morgan fingerprint density at radius 2 is 2.12 bits per heavy atom. The fourth-order valence-corrected chi connectivity index (χ4v) is 1.72. The van der Waals surface area contributed by atoms with Gasteiger partial charge in [0.2, 0.25) is 0 Å². The second kappa shape index (κ2) is 4.79. The van der Waals surface area contributed by atoms with Gasteiger partial charge >= 0.3 is 0 Å². The number of aromatic nitrogens is 2. The second-order valence-corrected chi connectivity index (χ2v) is 3.39. The van der Waals surface area contributed by atoms with Gasteiger partial charge in [-0.15, -0.1) is 0 Å². The highest BCUT2D eigenvalue weighted by Crippen LogP contribution is 2.20. The lowest BCUT2D eigenvalue weighted by Crippen LogP contribution is -1.77. The summed E-state index contributed by atoms with van der Waals surface area (Å²) in [6.45, 7) is 4.00. The standard InChI is InChI=1S/C12H10N2.C2H6/c1-2-6-10(5-1)11-9-14-8-4-3-7-12(14)13-11;1-2/h1,3-9H,2H2;1-2H3. The van der Waals surface area contributed by atoms with Crippen molar-refractivity contribution in [2.24, 2.45) is 0 Å². The molecule has 2 heterocycles. The van der Waals surface area contributed by atoms with E-state index in [0.29, 0.717) is 0 Å². The van der Waals surface area contributed by atoms with E-state index in [-0.39, 0.29) is 0 Å². The van der Waals surface area contributed by atoms with Gasteiger partial charge in [0.25, 0.3) is 0 Å². The number of pyridine rings is 1. The highest BCUT2D eigenvalue weighted by Gasteiger charge is 2.05. The van der Waals surface area contributed by atoms with Crippen molar-refractivity contribution in [2.75, 3.05) is 0 Å². The Bertz CT molecular complexity index is 499. The van der Waals surface area contributed by atoms with Gasteiger partial charge in [0.05, 0.1) is 5.69 Å². The molecule has 0 N–H and O–H groups in total. The third-order valence-electron chi connectivity index (χ3n) is 2.43. The third kappa shape index (κ3) is 1.91. The van der Waals surface area contributed by atoms with Crippen LogP contribution in [0.4, 0.5) is 0 Å². The molecule has 0 radical (unpaired) electrons. The molecule has 0 fully saturated rings. The molecular weight excluding hydrogens is 196 g/mol.